The first kappa shape index (κ1) is 12.9. The molecule has 4 heteroatoms. The van der Waals surface area contributed by atoms with Gasteiger partial charge in [-0.1, -0.05) is 12.1 Å². The molecule has 102 valence electrons. The van der Waals surface area contributed by atoms with Crippen molar-refractivity contribution in [2.24, 2.45) is 5.41 Å². The van der Waals surface area contributed by atoms with E-state index in [0.29, 0.717) is 11.1 Å². The molecule has 0 aromatic heterocycles. The Morgan fingerprint density at radius 1 is 1.15 bits per heavy atom. The summed E-state index contributed by atoms with van der Waals surface area (Å²) in [7, 11) is 0. The summed E-state index contributed by atoms with van der Waals surface area (Å²) in [5.41, 5.74) is 0.701. The van der Waals surface area contributed by atoms with Crippen molar-refractivity contribution >= 4 is 11.8 Å². The van der Waals surface area contributed by atoms with E-state index in [0.717, 1.165) is 25.7 Å². The molecule has 0 radical (unpaired) electrons. The lowest BCUT2D eigenvalue weighted by Crippen LogP contribution is -2.43. The minimum absolute atomic E-state index is 0.0659. The zero-order valence-electron chi connectivity index (χ0n) is 11.4. The van der Waals surface area contributed by atoms with Crippen LogP contribution in [0.2, 0.25) is 0 Å². The highest BCUT2D eigenvalue weighted by Gasteiger charge is 2.42. The first-order valence-corrected chi connectivity index (χ1v) is 6.94. The third-order valence-corrected chi connectivity index (χ3v) is 4.52. The van der Waals surface area contributed by atoms with Gasteiger partial charge in [0.05, 0.1) is 22.6 Å². The van der Waals surface area contributed by atoms with Gasteiger partial charge >= 0.3 is 0 Å². The lowest BCUT2D eigenvalue weighted by atomic mass is 9.75. The summed E-state index contributed by atoms with van der Waals surface area (Å²) in [6, 6.07) is 9.25. The molecule has 0 bridgehead atoms. The Balaban J connectivity index is 1.83. The molecular formula is C16H16N2O2. The van der Waals surface area contributed by atoms with Gasteiger partial charge < -0.3 is 0 Å². The van der Waals surface area contributed by atoms with E-state index in [1.54, 1.807) is 24.3 Å². The van der Waals surface area contributed by atoms with Crippen LogP contribution in [0.3, 0.4) is 0 Å². The minimum atomic E-state index is -0.310. The second-order valence-corrected chi connectivity index (χ2v) is 5.93. The molecule has 1 aliphatic heterocycles. The number of benzene rings is 1. The van der Waals surface area contributed by atoms with Crippen LogP contribution in [0.15, 0.2) is 24.3 Å². The fraction of sp³-hybridized carbons (Fsp3) is 0.438. The lowest BCUT2D eigenvalue weighted by molar-refractivity contribution is 0.0513. The second-order valence-electron chi connectivity index (χ2n) is 5.93. The van der Waals surface area contributed by atoms with Crippen LogP contribution in [0.1, 0.15) is 53.3 Å². The smallest absolute Gasteiger partial charge is 0.261 e. The molecule has 1 aromatic rings. The molecule has 0 spiro atoms. The van der Waals surface area contributed by atoms with Gasteiger partial charge in [-0.25, -0.2) is 0 Å². The Kier molecular flexibility index (Phi) is 2.86. The van der Waals surface area contributed by atoms with Crippen molar-refractivity contribution in [1.82, 2.24) is 4.90 Å². The maximum Gasteiger partial charge on any atom is 0.261 e. The van der Waals surface area contributed by atoms with Crippen molar-refractivity contribution in [1.29, 1.82) is 5.26 Å². The zero-order valence-corrected chi connectivity index (χ0v) is 11.4. The van der Waals surface area contributed by atoms with Gasteiger partial charge in [-0.2, -0.15) is 5.26 Å². The summed E-state index contributed by atoms with van der Waals surface area (Å²) in [5.74, 6) is -0.368. The van der Waals surface area contributed by atoms with Crippen LogP contribution >= 0.6 is 0 Å². The first-order valence-electron chi connectivity index (χ1n) is 6.94. The third kappa shape index (κ3) is 1.82. The number of imide groups is 1. The predicted octanol–water partition coefficient (Wildman–Crippen LogP) is 2.76. The topological polar surface area (TPSA) is 61.2 Å². The molecule has 1 aliphatic carbocycles. The Morgan fingerprint density at radius 3 is 2.10 bits per heavy atom. The van der Waals surface area contributed by atoms with E-state index in [-0.39, 0.29) is 23.3 Å². The van der Waals surface area contributed by atoms with Crippen LogP contribution < -0.4 is 0 Å². The van der Waals surface area contributed by atoms with E-state index < -0.39 is 0 Å². The molecular weight excluding hydrogens is 252 g/mol. The summed E-state index contributed by atoms with van der Waals surface area (Å²) < 4.78 is 0. The Morgan fingerprint density at radius 2 is 1.65 bits per heavy atom. The average Bonchev–Trinajstić information content (AvgIpc) is 2.73. The fourth-order valence-electron chi connectivity index (χ4n) is 3.15. The largest absolute Gasteiger partial charge is 0.271 e. The van der Waals surface area contributed by atoms with Crippen molar-refractivity contribution in [3.8, 4) is 6.07 Å². The molecule has 4 nitrogen and oxygen atoms in total. The van der Waals surface area contributed by atoms with Crippen LogP contribution in [-0.2, 0) is 0 Å². The van der Waals surface area contributed by atoms with Crippen molar-refractivity contribution in [2.45, 2.75) is 38.6 Å². The number of fused-ring (bicyclic) bond motifs is 1. The summed E-state index contributed by atoms with van der Waals surface area (Å²) >= 11 is 0. The van der Waals surface area contributed by atoms with Crippen molar-refractivity contribution in [3.05, 3.63) is 35.4 Å². The molecule has 3 rings (SSSR count). The molecule has 2 amide bonds. The molecule has 2 aliphatic rings. The van der Waals surface area contributed by atoms with Crippen LogP contribution in [-0.4, -0.2) is 22.8 Å². The van der Waals surface area contributed by atoms with Crippen molar-refractivity contribution < 1.29 is 9.59 Å². The third-order valence-electron chi connectivity index (χ3n) is 4.52. The molecule has 1 fully saturated rings. The molecule has 0 unspecified atom stereocenters. The second kappa shape index (κ2) is 4.45. The van der Waals surface area contributed by atoms with E-state index >= 15 is 0 Å². The summed E-state index contributed by atoms with van der Waals surface area (Å²) in [6.45, 7) is 1.95. The monoisotopic (exact) mass is 268 g/mol. The van der Waals surface area contributed by atoms with Crippen LogP contribution in [0.5, 0.6) is 0 Å². The number of nitrogens with zero attached hydrogens (tertiary/aromatic N) is 2. The van der Waals surface area contributed by atoms with Gasteiger partial charge in [0, 0.05) is 6.04 Å². The molecule has 1 saturated carbocycles. The fourth-order valence-corrected chi connectivity index (χ4v) is 3.15. The van der Waals surface area contributed by atoms with E-state index in [9.17, 15) is 9.59 Å². The van der Waals surface area contributed by atoms with Crippen molar-refractivity contribution in [2.75, 3.05) is 0 Å². The lowest BCUT2D eigenvalue weighted by Gasteiger charge is -2.35. The van der Waals surface area contributed by atoms with Gasteiger partial charge in [0.25, 0.3) is 11.8 Å². The molecule has 20 heavy (non-hydrogen) atoms. The Hall–Kier alpha value is -2.15. The number of carbonyl (C=O) groups excluding carboxylic acids is 2. The molecule has 0 atom stereocenters. The highest BCUT2D eigenvalue weighted by molar-refractivity contribution is 6.21. The van der Waals surface area contributed by atoms with Crippen LogP contribution in [0.4, 0.5) is 0 Å². The molecule has 0 N–H and O–H groups in total. The molecule has 1 aromatic carbocycles. The van der Waals surface area contributed by atoms with E-state index in [4.69, 9.17) is 5.26 Å². The van der Waals surface area contributed by atoms with E-state index in [2.05, 4.69) is 6.07 Å². The van der Waals surface area contributed by atoms with Gasteiger partial charge in [0.2, 0.25) is 0 Å². The number of hydrogen-bond acceptors (Lipinski definition) is 3. The van der Waals surface area contributed by atoms with Crippen molar-refractivity contribution in [3.63, 3.8) is 0 Å². The summed E-state index contributed by atoms with van der Waals surface area (Å²) in [6.07, 6.45) is 2.91. The van der Waals surface area contributed by atoms with E-state index in [1.165, 1.54) is 4.90 Å². The highest BCUT2D eigenvalue weighted by atomic mass is 16.2. The standard InChI is InChI=1S/C16H16N2O2/c1-16(10-17)8-6-11(7-9-16)18-14(19)12-4-2-3-5-13(12)15(18)20/h2-5,11H,6-9H2,1H3. The molecule has 1 heterocycles. The Bertz CT molecular complexity index is 587. The van der Waals surface area contributed by atoms with Gasteiger partial charge in [-0.05, 0) is 44.7 Å². The van der Waals surface area contributed by atoms with Gasteiger partial charge in [0.15, 0.2) is 0 Å². The molecule has 0 saturated heterocycles. The van der Waals surface area contributed by atoms with Crippen LogP contribution in [0, 0.1) is 16.7 Å². The minimum Gasteiger partial charge on any atom is -0.271 e. The highest BCUT2D eigenvalue weighted by Crippen LogP contribution is 2.39. The zero-order chi connectivity index (χ0) is 14.3. The summed E-state index contributed by atoms with van der Waals surface area (Å²) in [5, 5.41) is 9.15. The Labute approximate surface area is 118 Å². The average molecular weight is 268 g/mol. The number of hydrogen-bond donors (Lipinski definition) is 0. The van der Waals surface area contributed by atoms with Gasteiger partial charge in [-0.3, -0.25) is 14.5 Å². The maximum atomic E-state index is 12.4. The SMILES string of the molecule is CC1(C#N)CCC(N2C(=O)c3ccccc3C2=O)CC1. The number of amides is 2. The van der Waals surface area contributed by atoms with Crippen LogP contribution in [0.25, 0.3) is 0 Å². The van der Waals surface area contributed by atoms with E-state index in [1.807, 2.05) is 6.92 Å². The quantitative estimate of drug-likeness (QED) is 0.736. The predicted molar refractivity (Wildman–Crippen MR) is 72.9 cm³/mol. The van der Waals surface area contributed by atoms with Gasteiger partial charge in [-0.15, -0.1) is 0 Å². The van der Waals surface area contributed by atoms with Gasteiger partial charge in [0.1, 0.15) is 0 Å². The first-order chi connectivity index (χ1) is 9.56. The number of rotatable bonds is 1. The normalized spacial score (nSPS) is 29.2. The number of nitriles is 1. The number of carbonyl (C=O) groups is 2. The maximum absolute atomic E-state index is 12.4. The summed E-state index contributed by atoms with van der Waals surface area (Å²) in [4.78, 5) is 26.2.